The predicted octanol–water partition coefficient (Wildman–Crippen LogP) is 3.49. The summed E-state index contributed by atoms with van der Waals surface area (Å²) >= 11 is 0. The summed E-state index contributed by atoms with van der Waals surface area (Å²) in [7, 11) is 3.52. The lowest BCUT2D eigenvalue weighted by Gasteiger charge is -2.43. The summed E-state index contributed by atoms with van der Waals surface area (Å²) in [5.41, 5.74) is 2.51. The van der Waals surface area contributed by atoms with Crippen molar-refractivity contribution in [2.24, 2.45) is 0 Å². The van der Waals surface area contributed by atoms with E-state index in [1.165, 1.54) is 24.1 Å². The molecule has 0 amide bonds. The lowest BCUT2D eigenvalue weighted by atomic mass is 10.0. The third kappa shape index (κ3) is 4.68. The maximum atomic E-state index is 5.55. The Morgan fingerprint density at radius 1 is 0.759 bits per heavy atom. The number of likely N-dealkylation sites (tertiary alicyclic amines) is 1. The topological polar surface area (TPSA) is 28.2 Å². The number of rotatable bonds is 6. The van der Waals surface area contributed by atoms with Crippen molar-refractivity contribution in [3.05, 3.63) is 54.1 Å². The van der Waals surface area contributed by atoms with E-state index in [1.807, 2.05) is 12.1 Å². The molecule has 2 aromatic carbocycles. The molecule has 2 saturated heterocycles. The van der Waals surface area contributed by atoms with Gasteiger partial charge >= 0.3 is 0 Å². The number of anilines is 1. The van der Waals surface area contributed by atoms with Crippen LogP contribution in [0, 0.1) is 0 Å². The molecule has 4 rings (SSSR count). The van der Waals surface area contributed by atoms with Gasteiger partial charge in [0.2, 0.25) is 0 Å². The highest BCUT2D eigenvalue weighted by atomic mass is 16.5. The van der Waals surface area contributed by atoms with E-state index in [1.54, 1.807) is 14.2 Å². The molecule has 0 spiro atoms. The van der Waals surface area contributed by atoms with Crippen LogP contribution in [-0.2, 0) is 6.54 Å². The van der Waals surface area contributed by atoms with Gasteiger partial charge in [-0.25, -0.2) is 0 Å². The van der Waals surface area contributed by atoms with Gasteiger partial charge in [0, 0.05) is 44.3 Å². The maximum absolute atomic E-state index is 5.55. The number of methoxy groups -OCH3 is 2. The Morgan fingerprint density at radius 3 is 2.07 bits per heavy atom. The Hall–Kier alpha value is -2.24. The maximum Gasteiger partial charge on any atom is 0.142 e. The Labute approximate surface area is 174 Å². The van der Waals surface area contributed by atoms with Gasteiger partial charge in [0.05, 0.1) is 19.9 Å². The highest BCUT2D eigenvalue weighted by Gasteiger charge is 2.28. The van der Waals surface area contributed by atoms with E-state index >= 15 is 0 Å². The fourth-order valence-electron chi connectivity index (χ4n) is 4.74. The summed E-state index contributed by atoms with van der Waals surface area (Å²) in [5.74, 6) is 1.98. The number of nitrogens with zero attached hydrogens (tertiary/aromatic N) is 3. The van der Waals surface area contributed by atoms with Crippen molar-refractivity contribution in [1.82, 2.24) is 9.80 Å². The number of hydrogen-bond acceptors (Lipinski definition) is 5. The summed E-state index contributed by atoms with van der Waals surface area (Å²) in [6, 6.07) is 17.5. The van der Waals surface area contributed by atoms with E-state index in [9.17, 15) is 0 Å². The molecule has 0 radical (unpaired) electrons. The Balaban J connectivity index is 1.27. The number of hydrogen-bond donors (Lipinski definition) is 0. The first-order valence-corrected chi connectivity index (χ1v) is 10.7. The van der Waals surface area contributed by atoms with E-state index in [0.717, 1.165) is 57.3 Å². The molecule has 0 N–H and O–H groups in total. The average molecular weight is 396 g/mol. The van der Waals surface area contributed by atoms with Crippen LogP contribution in [0.3, 0.4) is 0 Å². The van der Waals surface area contributed by atoms with Gasteiger partial charge < -0.3 is 14.4 Å². The summed E-state index contributed by atoms with van der Waals surface area (Å²) in [5, 5.41) is 0. The van der Waals surface area contributed by atoms with Gasteiger partial charge in [-0.05, 0) is 44.1 Å². The van der Waals surface area contributed by atoms with E-state index in [2.05, 4.69) is 51.1 Å². The van der Waals surface area contributed by atoms with Crippen LogP contribution in [0.25, 0.3) is 0 Å². The number of piperidine rings is 1. The molecule has 0 aliphatic carbocycles. The van der Waals surface area contributed by atoms with Crippen molar-refractivity contribution >= 4 is 5.69 Å². The normalized spacial score (nSPS) is 19.3. The number of para-hydroxylation sites is 3. The van der Waals surface area contributed by atoms with Crippen LogP contribution in [0.15, 0.2) is 48.5 Å². The zero-order valence-corrected chi connectivity index (χ0v) is 17.7. The van der Waals surface area contributed by atoms with Crippen molar-refractivity contribution < 1.29 is 9.47 Å². The van der Waals surface area contributed by atoms with Crippen LogP contribution in [0.5, 0.6) is 11.5 Å². The van der Waals surface area contributed by atoms with Crippen molar-refractivity contribution in [2.75, 3.05) is 58.4 Å². The first kappa shape index (κ1) is 20.0. The van der Waals surface area contributed by atoms with E-state index in [-0.39, 0.29) is 0 Å². The van der Waals surface area contributed by atoms with Crippen LogP contribution in [-0.4, -0.2) is 69.3 Å². The minimum Gasteiger partial charge on any atom is -0.496 e. The first-order chi connectivity index (χ1) is 14.3. The third-order valence-electron chi connectivity index (χ3n) is 6.40. The molecule has 0 saturated carbocycles. The monoisotopic (exact) mass is 395 g/mol. The van der Waals surface area contributed by atoms with Crippen molar-refractivity contribution in [3.63, 3.8) is 0 Å². The molecule has 2 aliphatic heterocycles. The molecule has 2 heterocycles. The van der Waals surface area contributed by atoms with Gasteiger partial charge in [0.1, 0.15) is 11.5 Å². The first-order valence-electron chi connectivity index (χ1n) is 10.7. The van der Waals surface area contributed by atoms with Crippen LogP contribution in [0.4, 0.5) is 5.69 Å². The smallest absolute Gasteiger partial charge is 0.142 e. The highest BCUT2D eigenvalue weighted by Crippen LogP contribution is 2.29. The molecule has 0 aromatic heterocycles. The van der Waals surface area contributed by atoms with Gasteiger partial charge in [-0.2, -0.15) is 0 Å². The van der Waals surface area contributed by atoms with Gasteiger partial charge in [-0.1, -0.05) is 30.3 Å². The predicted molar refractivity (Wildman–Crippen MR) is 118 cm³/mol. The molecule has 0 unspecified atom stereocenters. The molecular weight excluding hydrogens is 362 g/mol. The molecular formula is C24H33N3O2. The van der Waals surface area contributed by atoms with Crippen LogP contribution in [0.2, 0.25) is 0 Å². The number of piperazine rings is 1. The second-order valence-electron chi connectivity index (χ2n) is 8.01. The van der Waals surface area contributed by atoms with E-state index < -0.39 is 0 Å². The van der Waals surface area contributed by atoms with Gasteiger partial charge in [0.25, 0.3) is 0 Å². The molecule has 0 bridgehead atoms. The van der Waals surface area contributed by atoms with Crippen molar-refractivity contribution in [2.45, 2.75) is 25.4 Å². The summed E-state index contributed by atoms with van der Waals surface area (Å²) < 4.78 is 11.1. The Morgan fingerprint density at radius 2 is 1.38 bits per heavy atom. The number of benzene rings is 2. The standard InChI is InChI=1S/C24H33N3O2/c1-28-23-9-5-3-7-20(23)19-25-13-11-21(12-14-25)26-15-17-27(18-16-26)22-8-4-6-10-24(22)29-2/h3-10,21H,11-19H2,1-2H3. The summed E-state index contributed by atoms with van der Waals surface area (Å²) in [6.45, 7) is 7.72. The molecule has 0 atom stereocenters. The Bertz CT molecular complexity index is 781. The summed E-state index contributed by atoms with van der Waals surface area (Å²) in [6.07, 6.45) is 2.51. The molecule has 5 heteroatoms. The second kappa shape index (κ2) is 9.51. The highest BCUT2D eigenvalue weighted by molar-refractivity contribution is 5.58. The minimum absolute atomic E-state index is 0.712. The largest absolute Gasteiger partial charge is 0.496 e. The van der Waals surface area contributed by atoms with Crippen LogP contribution < -0.4 is 14.4 Å². The lowest BCUT2D eigenvalue weighted by molar-refractivity contribution is 0.0993. The Kier molecular flexibility index (Phi) is 6.57. The number of ether oxygens (including phenoxy) is 2. The fourth-order valence-corrected chi connectivity index (χ4v) is 4.74. The lowest BCUT2D eigenvalue weighted by Crippen LogP contribution is -2.53. The summed E-state index contributed by atoms with van der Waals surface area (Å²) in [4.78, 5) is 7.73. The average Bonchev–Trinajstić information content (AvgIpc) is 2.80. The fraction of sp³-hybridized carbons (Fsp3) is 0.500. The van der Waals surface area contributed by atoms with Gasteiger partial charge in [-0.15, -0.1) is 0 Å². The van der Waals surface area contributed by atoms with E-state index in [0.29, 0.717) is 6.04 Å². The third-order valence-corrected chi connectivity index (χ3v) is 6.40. The molecule has 5 nitrogen and oxygen atoms in total. The minimum atomic E-state index is 0.712. The SMILES string of the molecule is COc1ccccc1CN1CCC(N2CCN(c3ccccc3OC)CC2)CC1. The molecule has 2 aromatic rings. The molecule has 156 valence electrons. The zero-order valence-electron chi connectivity index (χ0n) is 17.7. The molecule has 2 fully saturated rings. The molecule has 2 aliphatic rings. The van der Waals surface area contributed by atoms with Gasteiger partial charge in [-0.3, -0.25) is 9.80 Å². The zero-order chi connectivity index (χ0) is 20.1. The van der Waals surface area contributed by atoms with Crippen molar-refractivity contribution in [3.8, 4) is 11.5 Å². The van der Waals surface area contributed by atoms with Crippen LogP contribution >= 0.6 is 0 Å². The molecule has 29 heavy (non-hydrogen) atoms. The quantitative estimate of drug-likeness (QED) is 0.747. The van der Waals surface area contributed by atoms with Gasteiger partial charge in [0.15, 0.2) is 0 Å². The van der Waals surface area contributed by atoms with Crippen molar-refractivity contribution in [1.29, 1.82) is 0 Å². The van der Waals surface area contributed by atoms with E-state index in [4.69, 9.17) is 9.47 Å². The second-order valence-corrected chi connectivity index (χ2v) is 8.01. The van der Waals surface area contributed by atoms with Crippen LogP contribution in [0.1, 0.15) is 18.4 Å².